The van der Waals surface area contributed by atoms with Gasteiger partial charge in [-0.15, -0.1) is 0 Å². The van der Waals surface area contributed by atoms with E-state index in [4.69, 9.17) is 0 Å². The molecule has 8 heteroatoms. The topological polar surface area (TPSA) is 149 Å². The molecule has 0 unspecified atom stereocenters. The molecule has 0 amide bonds. The molecule has 30 heavy (non-hydrogen) atoms. The third-order valence-electron chi connectivity index (χ3n) is 5.16. The Bertz CT molecular complexity index is 1000. The summed E-state index contributed by atoms with van der Waals surface area (Å²) in [5, 5.41) is 39.6. The molecule has 0 saturated carbocycles. The van der Waals surface area contributed by atoms with Gasteiger partial charge in [0.15, 0.2) is 11.8 Å². The van der Waals surface area contributed by atoms with Crippen molar-refractivity contribution in [2.24, 2.45) is 11.8 Å². The minimum absolute atomic E-state index is 0.271. The molecular formula is C22H18O8. The van der Waals surface area contributed by atoms with Crippen LogP contribution in [-0.4, -0.2) is 44.3 Å². The number of rotatable bonds is 8. The van der Waals surface area contributed by atoms with E-state index in [1.165, 1.54) is 0 Å². The first kappa shape index (κ1) is 20.8. The van der Waals surface area contributed by atoms with Crippen LogP contribution in [0.1, 0.15) is 11.1 Å². The van der Waals surface area contributed by atoms with Crippen LogP contribution >= 0.6 is 0 Å². The summed E-state index contributed by atoms with van der Waals surface area (Å²) < 4.78 is 0. The van der Waals surface area contributed by atoms with Crippen molar-refractivity contribution in [2.75, 3.05) is 0 Å². The number of hydrogen-bond acceptors (Lipinski definition) is 4. The summed E-state index contributed by atoms with van der Waals surface area (Å²) in [6.45, 7) is 0. The van der Waals surface area contributed by atoms with Crippen LogP contribution in [0.5, 0.6) is 0 Å². The molecule has 8 nitrogen and oxygen atoms in total. The number of carboxylic acid groups (broad SMARTS) is 4. The molecule has 0 aromatic heterocycles. The van der Waals surface area contributed by atoms with E-state index in [0.717, 1.165) is 0 Å². The van der Waals surface area contributed by atoms with Crippen LogP contribution < -0.4 is 0 Å². The van der Waals surface area contributed by atoms with E-state index in [-0.39, 0.29) is 12.8 Å². The lowest BCUT2D eigenvalue weighted by Crippen LogP contribution is -2.26. The first-order valence-corrected chi connectivity index (χ1v) is 9.04. The predicted octanol–water partition coefficient (Wildman–Crippen LogP) is 2.65. The number of benzene rings is 3. The van der Waals surface area contributed by atoms with Crippen molar-refractivity contribution in [3.05, 3.63) is 59.7 Å². The number of fused-ring (bicyclic) bond motifs is 2. The van der Waals surface area contributed by atoms with Crippen molar-refractivity contribution in [3.8, 4) is 0 Å². The fourth-order valence-electron chi connectivity index (χ4n) is 3.72. The fourth-order valence-corrected chi connectivity index (χ4v) is 3.72. The molecule has 0 aliphatic heterocycles. The summed E-state index contributed by atoms with van der Waals surface area (Å²) in [6, 6.07) is 13.6. The molecule has 0 aliphatic rings. The van der Waals surface area contributed by atoms with E-state index in [1.807, 2.05) is 0 Å². The lowest BCUT2D eigenvalue weighted by atomic mass is 9.84. The molecule has 3 aromatic carbocycles. The standard InChI is InChI=1S/C22H18O8/c23-19(24)17(20(25)26)9-15-11-5-1-2-6-12(11)16(10-18(21(27)28)22(29)30)14-8-4-3-7-13(14)15/h1-8,17-18H,9-10H2,(H,23,24)(H,25,26)(H,27,28)(H,29,30). The van der Waals surface area contributed by atoms with Crippen molar-refractivity contribution in [2.45, 2.75) is 12.8 Å². The summed E-state index contributed by atoms with van der Waals surface area (Å²) in [5.41, 5.74) is 1.00. The Morgan fingerprint density at radius 3 is 0.967 bits per heavy atom. The van der Waals surface area contributed by atoms with E-state index >= 15 is 0 Å². The Balaban J connectivity index is 2.33. The quantitative estimate of drug-likeness (QED) is 0.327. The number of hydrogen-bond donors (Lipinski definition) is 4. The molecule has 0 aliphatic carbocycles. The van der Waals surface area contributed by atoms with Gasteiger partial charge in [0.2, 0.25) is 0 Å². The molecule has 3 rings (SSSR count). The van der Waals surface area contributed by atoms with Gasteiger partial charge in [-0.05, 0) is 45.5 Å². The Morgan fingerprint density at radius 1 is 0.533 bits per heavy atom. The van der Waals surface area contributed by atoms with Crippen molar-refractivity contribution in [1.29, 1.82) is 0 Å². The zero-order valence-electron chi connectivity index (χ0n) is 15.6. The Morgan fingerprint density at radius 2 is 0.767 bits per heavy atom. The summed E-state index contributed by atoms with van der Waals surface area (Å²) in [5.74, 6) is -9.16. The molecule has 154 valence electrons. The SMILES string of the molecule is O=C(O)C(Cc1c2ccccc2c(CC(C(=O)O)C(=O)O)c2ccccc12)C(=O)O. The van der Waals surface area contributed by atoms with E-state index < -0.39 is 35.7 Å². The second-order valence-corrected chi connectivity index (χ2v) is 6.91. The lowest BCUT2D eigenvalue weighted by molar-refractivity contribution is -0.156. The molecule has 4 N–H and O–H groups in total. The Kier molecular flexibility index (Phi) is 5.68. The maximum Gasteiger partial charge on any atom is 0.318 e. The lowest BCUT2D eigenvalue weighted by Gasteiger charge is -2.19. The van der Waals surface area contributed by atoms with E-state index in [2.05, 4.69) is 0 Å². The third kappa shape index (κ3) is 3.80. The molecule has 3 aromatic rings. The largest absolute Gasteiger partial charge is 0.481 e. The summed E-state index contributed by atoms with van der Waals surface area (Å²) in [7, 11) is 0. The Labute approximate surface area is 170 Å². The average molecular weight is 410 g/mol. The van der Waals surface area contributed by atoms with Gasteiger partial charge in [-0.3, -0.25) is 19.2 Å². The van der Waals surface area contributed by atoms with E-state index in [1.54, 1.807) is 48.5 Å². The molecule has 0 radical (unpaired) electrons. The Hall–Kier alpha value is -3.94. The van der Waals surface area contributed by atoms with E-state index in [0.29, 0.717) is 32.7 Å². The van der Waals surface area contributed by atoms with Crippen LogP contribution in [0.25, 0.3) is 21.5 Å². The van der Waals surface area contributed by atoms with E-state index in [9.17, 15) is 39.6 Å². The summed E-state index contributed by atoms with van der Waals surface area (Å²) in [6.07, 6.45) is -0.541. The van der Waals surface area contributed by atoms with Crippen molar-refractivity contribution >= 4 is 45.4 Å². The zero-order chi connectivity index (χ0) is 22.0. The monoisotopic (exact) mass is 410 g/mol. The smallest absolute Gasteiger partial charge is 0.318 e. The van der Waals surface area contributed by atoms with Gasteiger partial charge < -0.3 is 20.4 Å². The number of carboxylic acids is 4. The van der Waals surface area contributed by atoms with Crippen LogP contribution in [0.4, 0.5) is 0 Å². The number of carbonyl (C=O) groups is 4. The maximum absolute atomic E-state index is 11.5. The first-order chi connectivity index (χ1) is 14.2. The minimum atomic E-state index is -1.66. The van der Waals surface area contributed by atoms with Crippen LogP contribution in [-0.2, 0) is 32.0 Å². The second kappa shape index (κ2) is 8.20. The van der Waals surface area contributed by atoms with Gasteiger partial charge in [0.05, 0.1) is 0 Å². The van der Waals surface area contributed by atoms with Crippen LogP contribution in [0, 0.1) is 11.8 Å². The molecule has 0 saturated heterocycles. The molecular weight excluding hydrogens is 392 g/mol. The molecule has 0 bridgehead atoms. The zero-order valence-corrected chi connectivity index (χ0v) is 15.6. The highest BCUT2D eigenvalue weighted by Gasteiger charge is 2.30. The van der Waals surface area contributed by atoms with Gasteiger partial charge in [0.25, 0.3) is 0 Å². The van der Waals surface area contributed by atoms with Gasteiger partial charge in [-0.2, -0.15) is 0 Å². The van der Waals surface area contributed by atoms with Gasteiger partial charge in [0, 0.05) is 0 Å². The van der Waals surface area contributed by atoms with Crippen molar-refractivity contribution in [1.82, 2.24) is 0 Å². The van der Waals surface area contributed by atoms with Gasteiger partial charge in [-0.1, -0.05) is 48.5 Å². The van der Waals surface area contributed by atoms with Crippen LogP contribution in [0.2, 0.25) is 0 Å². The normalized spacial score (nSPS) is 11.3. The molecule has 0 atom stereocenters. The molecule has 0 fully saturated rings. The average Bonchev–Trinajstić information content (AvgIpc) is 2.69. The van der Waals surface area contributed by atoms with Crippen molar-refractivity contribution in [3.63, 3.8) is 0 Å². The summed E-state index contributed by atoms with van der Waals surface area (Å²) >= 11 is 0. The molecule has 0 heterocycles. The fraction of sp³-hybridized carbons (Fsp3) is 0.182. The first-order valence-electron chi connectivity index (χ1n) is 9.04. The number of aliphatic carboxylic acids is 4. The minimum Gasteiger partial charge on any atom is -0.481 e. The third-order valence-corrected chi connectivity index (χ3v) is 5.16. The molecule has 0 spiro atoms. The van der Waals surface area contributed by atoms with Crippen LogP contribution in [0.3, 0.4) is 0 Å². The highest BCUT2D eigenvalue weighted by atomic mass is 16.4. The van der Waals surface area contributed by atoms with Gasteiger partial charge >= 0.3 is 23.9 Å². The maximum atomic E-state index is 11.5. The van der Waals surface area contributed by atoms with Gasteiger partial charge in [-0.25, -0.2) is 0 Å². The predicted molar refractivity (Wildman–Crippen MR) is 106 cm³/mol. The second-order valence-electron chi connectivity index (χ2n) is 6.91. The van der Waals surface area contributed by atoms with Gasteiger partial charge in [0.1, 0.15) is 0 Å². The summed E-state index contributed by atoms with van der Waals surface area (Å²) in [4.78, 5) is 45.9. The van der Waals surface area contributed by atoms with Crippen molar-refractivity contribution < 1.29 is 39.6 Å². The highest BCUT2D eigenvalue weighted by molar-refractivity contribution is 6.07. The highest BCUT2D eigenvalue weighted by Crippen LogP contribution is 2.35. The van der Waals surface area contributed by atoms with Crippen LogP contribution in [0.15, 0.2) is 48.5 Å².